The van der Waals surface area contributed by atoms with Crippen molar-refractivity contribution in [2.24, 2.45) is 0 Å². The van der Waals surface area contributed by atoms with Gasteiger partial charge in [0.1, 0.15) is 0 Å². The lowest BCUT2D eigenvalue weighted by molar-refractivity contribution is 0.256. The second kappa shape index (κ2) is 6.14. The topological polar surface area (TPSA) is 68.4 Å². The van der Waals surface area contributed by atoms with Crippen molar-refractivity contribution in [2.75, 3.05) is 39.0 Å². The molecule has 1 fully saturated rings. The summed E-state index contributed by atoms with van der Waals surface area (Å²) in [6.45, 7) is 2.20. The first-order valence-corrected chi connectivity index (χ1v) is 9.30. The Labute approximate surface area is 137 Å². The molecule has 2 N–H and O–H groups in total. The predicted molar refractivity (Wildman–Crippen MR) is 94.0 cm³/mol. The summed E-state index contributed by atoms with van der Waals surface area (Å²) in [5.41, 5.74) is 2.94. The zero-order chi connectivity index (χ0) is 16.6. The zero-order valence-electron chi connectivity index (χ0n) is 13.8. The van der Waals surface area contributed by atoms with Crippen LogP contribution in [0.2, 0.25) is 0 Å². The van der Waals surface area contributed by atoms with Crippen LogP contribution in [0.25, 0.3) is 10.9 Å². The third kappa shape index (κ3) is 3.36. The fraction of sp³-hybridized carbons (Fsp3) is 0.500. The SMILES string of the molecule is CN1CCC(c2c[nH]c3ccc(NS(=O)(=O)N(C)C)cc23)CC1. The number of fused-ring (bicyclic) bond motifs is 1. The molecule has 2 aromatic rings. The van der Waals surface area contributed by atoms with Gasteiger partial charge in [0.05, 0.1) is 5.69 Å². The van der Waals surface area contributed by atoms with Crippen molar-refractivity contribution in [2.45, 2.75) is 18.8 Å². The molecule has 3 rings (SSSR count). The number of nitrogens with one attached hydrogen (secondary N) is 2. The van der Waals surface area contributed by atoms with E-state index in [0.717, 1.165) is 36.8 Å². The molecule has 1 aromatic carbocycles. The molecule has 126 valence electrons. The van der Waals surface area contributed by atoms with E-state index >= 15 is 0 Å². The Morgan fingerprint density at radius 2 is 1.96 bits per heavy atom. The van der Waals surface area contributed by atoms with Gasteiger partial charge >= 0.3 is 10.2 Å². The lowest BCUT2D eigenvalue weighted by Crippen LogP contribution is -2.29. The molecular formula is C16H24N4O2S. The van der Waals surface area contributed by atoms with Gasteiger partial charge in [-0.15, -0.1) is 0 Å². The number of piperidine rings is 1. The van der Waals surface area contributed by atoms with E-state index in [-0.39, 0.29) is 0 Å². The predicted octanol–water partition coefficient (Wildman–Crippen LogP) is 2.20. The number of hydrogen-bond donors (Lipinski definition) is 2. The molecule has 0 atom stereocenters. The molecule has 1 aliphatic heterocycles. The maximum atomic E-state index is 12.0. The van der Waals surface area contributed by atoms with E-state index in [1.54, 1.807) is 6.07 Å². The number of benzene rings is 1. The number of anilines is 1. The molecule has 0 radical (unpaired) electrons. The van der Waals surface area contributed by atoms with Gasteiger partial charge < -0.3 is 9.88 Å². The fourth-order valence-corrected chi connectivity index (χ4v) is 3.71. The second-order valence-corrected chi connectivity index (χ2v) is 8.36. The number of rotatable bonds is 4. The van der Waals surface area contributed by atoms with Crippen LogP contribution >= 0.6 is 0 Å². The summed E-state index contributed by atoms with van der Waals surface area (Å²) >= 11 is 0. The van der Waals surface area contributed by atoms with Crippen molar-refractivity contribution in [3.63, 3.8) is 0 Å². The average Bonchev–Trinajstić information content (AvgIpc) is 2.90. The molecule has 1 aliphatic rings. The van der Waals surface area contributed by atoms with Gasteiger partial charge in [-0.1, -0.05) is 0 Å². The highest BCUT2D eigenvalue weighted by Crippen LogP contribution is 2.34. The van der Waals surface area contributed by atoms with E-state index in [1.165, 1.54) is 24.0 Å². The molecule has 0 unspecified atom stereocenters. The highest BCUT2D eigenvalue weighted by Gasteiger charge is 2.21. The van der Waals surface area contributed by atoms with Crippen LogP contribution in [0.4, 0.5) is 5.69 Å². The molecule has 2 heterocycles. The molecule has 23 heavy (non-hydrogen) atoms. The summed E-state index contributed by atoms with van der Waals surface area (Å²) in [5, 5.41) is 1.11. The molecule has 0 spiro atoms. The number of hydrogen-bond acceptors (Lipinski definition) is 3. The van der Waals surface area contributed by atoms with E-state index in [2.05, 4.69) is 27.9 Å². The highest BCUT2D eigenvalue weighted by atomic mass is 32.2. The first-order chi connectivity index (χ1) is 10.9. The number of likely N-dealkylation sites (tertiary alicyclic amines) is 1. The van der Waals surface area contributed by atoms with Crippen LogP contribution in [-0.2, 0) is 10.2 Å². The number of aromatic amines is 1. The summed E-state index contributed by atoms with van der Waals surface area (Å²) in [6.07, 6.45) is 4.35. The van der Waals surface area contributed by atoms with E-state index in [9.17, 15) is 8.42 Å². The van der Waals surface area contributed by atoms with E-state index in [0.29, 0.717) is 11.6 Å². The normalized spacial score (nSPS) is 17.9. The number of H-pyrrole nitrogens is 1. The van der Waals surface area contributed by atoms with Gasteiger partial charge in [-0.05, 0) is 62.7 Å². The Morgan fingerprint density at radius 1 is 1.26 bits per heavy atom. The minimum absolute atomic E-state index is 0.528. The monoisotopic (exact) mass is 336 g/mol. The van der Waals surface area contributed by atoms with Gasteiger partial charge in [0.15, 0.2) is 0 Å². The van der Waals surface area contributed by atoms with Crippen LogP contribution in [0.1, 0.15) is 24.3 Å². The van der Waals surface area contributed by atoms with Gasteiger partial charge in [0, 0.05) is 31.2 Å². The van der Waals surface area contributed by atoms with E-state index in [4.69, 9.17) is 0 Å². The molecule has 0 saturated carbocycles. The second-order valence-electron chi connectivity index (χ2n) is 6.47. The highest BCUT2D eigenvalue weighted by molar-refractivity contribution is 7.90. The molecule has 1 saturated heterocycles. The van der Waals surface area contributed by atoms with Gasteiger partial charge in [-0.2, -0.15) is 12.7 Å². The first kappa shape index (κ1) is 16.3. The van der Waals surface area contributed by atoms with Gasteiger partial charge in [-0.3, -0.25) is 4.72 Å². The lowest BCUT2D eigenvalue weighted by Gasteiger charge is -2.28. The quantitative estimate of drug-likeness (QED) is 0.899. The van der Waals surface area contributed by atoms with Crippen LogP contribution in [0.15, 0.2) is 24.4 Å². The van der Waals surface area contributed by atoms with Crippen molar-refractivity contribution >= 4 is 26.8 Å². The molecule has 1 aromatic heterocycles. The molecular weight excluding hydrogens is 312 g/mol. The molecule has 0 aliphatic carbocycles. The largest absolute Gasteiger partial charge is 0.361 e. The van der Waals surface area contributed by atoms with Crippen molar-refractivity contribution in [1.82, 2.24) is 14.2 Å². The van der Waals surface area contributed by atoms with Crippen molar-refractivity contribution in [1.29, 1.82) is 0 Å². The smallest absolute Gasteiger partial charge is 0.301 e. The van der Waals surface area contributed by atoms with Gasteiger partial charge in [-0.25, -0.2) is 0 Å². The summed E-state index contributed by atoms with van der Waals surface area (Å²) < 4.78 is 27.8. The lowest BCUT2D eigenvalue weighted by atomic mass is 9.89. The standard InChI is InChI=1S/C16H24N4O2S/c1-19(2)23(21,22)18-13-4-5-16-14(10-13)15(11-17-16)12-6-8-20(3)9-7-12/h4-5,10-12,17-18H,6-9H2,1-3H3. The Bertz CT molecular complexity index is 790. The minimum Gasteiger partial charge on any atom is -0.361 e. The van der Waals surface area contributed by atoms with Gasteiger partial charge in [0.25, 0.3) is 0 Å². The van der Waals surface area contributed by atoms with Crippen molar-refractivity contribution in [3.8, 4) is 0 Å². The molecule has 0 amide bonds. The van der Waals surface area contributed by atoms with E-state index < -0.39 is 10.2 Å². The van der Waals surface area contributed by atoms with Crippen LogP contribution in [0.5, 0.6) is 0 Å². The minimum atomic E-state index is -3.48. The summed E-state index contributed by atoms with van der Waals surface area (Å²) in [6, 6.07) is 5.65. The van der Waals surface area contributed by atoms with Crippen molar-refractivity contribution < 1.29 is 8.42 Å². The summed E-state index contributed by atoms with van der Waals surface area (Å²) in [4.78, 5) is 5.66. The maximum Gasteiger partial charge on any atom is 0.301 e. The Morgan fingerprint density at radius 3 is 2.61 bits per heavy atom. The first-order valence-electron chi connectivity index (χ1n) is 7.86. The summed E-state index contributed by atoms with van der Waals surface area (Å²) in [5.74, 6) is 0.528. The Hall–Kier alpha value is -1.57. The average molecular weight is 336 g/mol. The molecule has 7 heteroatoms. The van der Waals surface area contributed by atoms with E-state index in [1.807, 2.05) is 12.1 Å². The van der Waals surface area contributed by atoms with Crippen LogP contribution in [0, 0.1) is 0 Å². The third-order valence-corrected chi connectivity index (χ3v) is 6.05. The zero-order valence-corrected chi connectivity index (χ0v) is 14.7. The number of aromatic nitrogens is 1. The third-order valence-electron chi connectivity index (χ3n) is 4.60. The fourth-order valence-electron chi connectivity index (χ4n) is 3.10. The Kier molecular flexibility index (Phi) is 4.35. The van der Waals surface area contributed by atoms with Gasteiger partial charge in [0.2, 0.25) is 0 Å². The van der Waals surface area contributed by atoms with Crippen LogP contribution < -0.4 is 4.72 Å². The molecule has 0 bridgehead atoms. The van der Waals surface area contributed by atoms with Crippen molar-refractivity contribution in [3.05, 3.63) is 30.0 Å². The summed E-state index contributed by atoms with van der Waals surface area (Å²) in [7, 11) is 1.70. The molecule has 6 nitrogen and oxygen atoms in total. The van der Waals surface area contributed by atoms with Crippen LogP contribution in [0.3, 0.4) is 0 Å². The van der Waals surface area contributed by atoms with Crippen LogP contribution in [-0.4, -0.2) is 56.8 Å². The number of nitrogens with zero attached hydrogens (tertiary/aromatic N) is 2. The maximum absolute atomic E-state index is 12.0. The Balaban J connectivity index is 1.91.